The Hall–Kier alpha value is -1.26. The molecular weight excluding hydrogens is 358 g/mol. The number of amides is 2. The van der Waals surface area contributed by atoms with Crippen LogP contribution in [-0.4, -0.2) is 74.5 Å². The third-order valence-electron chi connectivity index (χ3n) is 6.90. The Labute approximate surface area is 166 Å². The van der Waals surface area contributed by atoms with Gasteiger partial charge < -0.3 is 16.4 Å². The molecule has 0 bridgehead atoms. The molecule has 0 radical (unpaired) electrons. The van der Waals surface area contributed by atoms with Crippen LogP contribution >= 0.6 is 0 Å². The fourth-order valence-corrected chi connectivity index (χ4v) is 4.98. The highest BCUT2D eigenvalue weighted by Crippen LogP contribution is 2.35. The summed E-state index contributed by atoms with van der Waals surface area (Å²) in [6.07, 6.45) is 5.68. The molecule has 0 aromatic heterocycles. The van der Waals surface area contributed by atoms with Gasteiger partial charge in [-0.15, -0.1) is 0 Å². The molecule has 4 fully saturated rings. The molecule has 4 rings (SSSR count). The second kappa shape index (κ2) is 8.62. The summed E-state index contributed by atoms with van der Waals surface area (Å²) in [5.41, 5.74) is 5.67. The molecule has 3 heterocycles. The molecule has 0 aromatic carbocycles. The molecule has 1 saturated carbocycles. The predicted octanol–water partition coefficient (Wildman–Crippen LogP) is -1.92. The molecule has 5 unspecified atom stereocenters. The van der Waals surface area contributed by atoms with Gasteiger partial charge in [-0.25, -0.2) is 0 Å². The van der Waals surface area contributed by atoms with Gasteiger partial charge in [0.05, 0.1) is 18.0 Å². The summed E-state index contributed by atoms with van der Waals surface area (Å²) in [7, 11) is 1.69. The van der Waals surface area contributed by atoms with E-state index in [1.807, 2.05) is 0 Å². The average Bonchev–Trinajstić information content (AvgIpc) is 3.44. The fraction of sp³-hybridized carbons (Fsp3) is 0.895. The van der Waals surface area contributed by atoms with Crippen molar-refractivity contribution in [3.05, 3.63) is 0 Å². The van der Waals surface area contributed by atoms with Gasteiger partial charge in [-0.3, -0.25) is 30.4 Å². The minimum atomic E-state index is -0.297. The van der Waals surface area contributed by atoms with Crippen LogP contribution in [0.25, 0.3) is 0 Å². The summed E-state index contributed by atoms with van der Waals surface area (Å²) in [5.74, 6) is 0.413. The Morgan fingerprint density at radius 1 is 1.07 bits per heavy atom. The lowest BCUT2D eigenvalue weighted by Crippen LogP contribution is -2.71. The Balaban J connectivity index is 1.32. The van der Waals surface area contributed by atoms with Gasteiger partial charge in [0.2, 0.25) is 11.8 Å². The number of carbonyl (C=O) groups is 2. The highest BCUT2D eigenvalue weighted by molar-refractivity contribution is 5.79. The van der Waals surface area contributed by atoms with E-state index in [9.17, 15) is 9.59 Å². The minimum Gasteiger partial charge on any atom is -0.369 e. The third-order valence-corrected chi connectivity index (χ3v) is 6.90. The van der Waals surface area contributed by atoms with Crippen LogP contribution in [0.3, 0.4) is 0 Å². The summed E-state index contributed by atoms with van der Waals surface area (Å²) >= 11 is 0. The van der Waals surface area contributed by atoms with Crippen molar-refractivity contribution < 1.29 is 9.59 Å². The molecule has 4 aliphatic rings. The van der Waals surface area contributed by atoms with E-state index < -0.39 is 0 Å². The first-order chi connectivity index (χ1) is 13.5. The zero-order chi connectivity index (χ0) is 19.7. The number of nitrogens with two attached hydrogens (primary N) is 1. The summed E-state index contributed by atoms with van der Waals surface area (Å²) in [6, 6.07) is 1.01. The smallest absolute Gasteiger partial charge is 0.224 e. The first kappa shape index (κ1) is 20.0. The maximum absolute atomic E-state index is 12.0. The van der Waals surface area contributed by atoms with E-state index in [2.05, 4.69) is 31.5 Å². The summed E-state index contributed by atoms with van der Waals surface area (Å²) in [5, 5.41) is 17.0. The van der Waals surface area contributed by atoms with Crippen molar-refractivity contribution in [1.82, 2.24) is 31.5 Å². The molecule has 3 aliphatic heterocycles. The molecule has 0 aromatic rings. The molecule has 28 heavy (non-hydrogen) atoms. The number of rotatable bonds is 6. The fourth-order valence-electron chi connectivity index (χ4n) is 4.98. The number of nitrogens with one attached hydrogen (secondary N) is 5. The first-order valence-electron chi connectivity index (χ1n) is 10.8. The van der Waals surface area contributed by atoms with E-state index >= 15 is 0 Å². The van der Waals surface area contributed by atoms with Crippen molar-refractivity contribution in [2.75, 3.05) is 33.2 Å². The molecule has 2 amide bonds. The lowest BCUT2D eigenvalue weighted by molar-refractivity contribution is -0.124. The highest BCUT2D eigenvalue weighted by atomic mass is 16.2. The minimum absolute atomic E-state index is 0.0239. The molecular formula is C19H35N7O2. The second-order valence-electron chi connectivity index (χ2n) is 8.85. The van der Waals surface area contributed by atoms with E-state index in [0.29, 0.717) is 25.2 Å². The number of carbonyl (C=O) groups excluding carboxylic acids is 2. The van der Waals surface area contributed by atoms with Crippen molar-refractivity contribution >= 4 is 11.8 Å². The maximum Gasteiger partial charge on any atom is 0.224 e. The third kappa shape index (κ3) is 4.49. The van der Waals surface area contributed by atoms with Gasteiger partial charge in [0.25, 0.3) is 0 Å². The van der Waals surface area contributed by atoms with Gasteiger partial charge in [0.1, 0.15) is 6.29 Å². The number of hydrogen-bond acceptors (Lipinski definition) is 7. The number of likely N-dealkylation sites (tertiary alicyclic amines) is 1. The SMILES string of the molecule is CNC(=O)[C@@H]1CCN(C2NCC(C(N)=O)C(NC3CCC(C4CC4)NC3)N2)C1. The Bertz CT molecular complexity index is 577. The Kier molecular flexibility index (Phi) is 6.17. The van der Waals surface area contributed by atoms with E-state index in [0.717, 1.165) is 31.8 Å². The van der Waals surface area contributed by atoms with E-state index in [1.54, 1.807) is 7.05 Å². The van der Waals surface area contributed by atoms with E-state index in [1.165, 1.54) is 19.3 Å². The lowest BCUT2D eigenvalue weighted by Gasteiger charge is -2.43. The molecule has 3 saturated heterocycles. The lowest BCUT2D eigenvalue weighted by atomic mass is 9.95. The summed E-state index contributed by atoms with van der Waals surface area (Å²) in [6.45, 7) is 3.04. The number of piperidine rings is 1. The van der Waals surface area contributed by atoms with Crippen molar-refractivity contribution in [1.29, 1.82) is 0 Å². The predicted molar refractivity (Wildman–Crippen MR) is 106 cm³/mol. The second-order valence-corrected chi connectivity index (χ2v) is 8.85. The number of hydrogen-bond donors (Lipinski definition) is 6. The van der Waals surface area contributed by atoms with E-state index in [4.69, 9.17) is 5.73 Å². The zero-order valence-electron chi connectivity index (χ0n) is 16.7. The Morgan fingerprint density at radius 3 is 2.54 bits per heavy atom. The maximum atomic E-state index is 12.0. The summed E-state index contributed by atoms with van der Waals surface area (Å²) in [4.78, 5) is 26.2. The van der Waals surface area contributed by atoms with Crippen LogP contribution in [0, 0.1) is 17.8 Å². The highest BCUT2D eigenvalue weighted by Gasteiger charge is 2.40. The largest absolute Gasteiger partial charge is 0.369 e. The normalized spacial score (nSPS) is 39.6. The molecule has 158 valence electrons. The van der Waals surface area contributed by atoms with Crippen LogP contribution in [-0.2, 0) is 9.59 Å². The molecule has 9 heteroatoms. The van der Waals surface area contributed by atoms with Gasteiger partial charge in [-0.2, -0.15) is 0 Å². The van der Waals surface area contributed by atoms with Crippen molar-refractivity contribution in [2.45, 2.75) is 56.6 Å². The van der Waals surface area contributed by atoms with Crippen molar-refractivity contribution in [3.8, 4) is 0 Å². The van der Waals surface area contributed by atoms with Crippen LogP contribution in [0.4, 0.5) is 0 Å². The summed E-state index contributed by atoms with van der Waals surface area (Å²) < 4.78 is 0. The molecule has 6 atom stereocenters. The van der Waals surface area contributed by atoms with Crippen molar-refractivity contribution in [3.63, 3.8) is 0 Å². The van der Waals surface area contributed by atoms with Gasteiger partial charge in [0, 0.05) is 45.3 Å². The van der Waals surface area contributed by atoms with Crippen LogP contribution in [0.2, 0.25) is 0 Å². The van der Waals surface area contributed by atoms with Crippen LogP contribution < -0.4 is 32.3 Å². The van der Waals surface area contributed by atoms with Crippen LogP contribution in [0.15, 0.2) is 0 Å². The average molecular weight is 394 g/mol. The van der Waals surface area contributed by atoms with Gasteiger partial charge in [0.15, 0.2) is 0 Å². The quantitative estimate of drug-likeness (QED) is 0.311. The molecule has 7 N–H and O–H groups in total. The molecule has 1 aliphatic carbocycles. The van der Waals surface area contributed by atoms with Crippen LogP contribution in [0.1, 0.15) is 32.1 Å². The molecule has 0 spiro atoms. The first-order valence-corrected chi connectivity index (χ1v) is 10.8. The van der Waals surface area contributed by atoms with Gasteiger partial charge >= 0.3 is 0 Å². The van der Waals surface area contributed by atoms with Crippen LogP contribution in [0.5, 0.6) is 0 Å². The topological polar surface area (TPSA) is 124 Å². The zero-order valence-corrected chi connectivity index (χ0v) is 16.7. The van der Waals surface area contributed by atoms with Crippen molar-refractivity contribution in [2.24, 2.45) is 23.5 Å². The van der Waals surface area contributed by atoms with Gasteiger partial charge in [-0.05, 0) is 38.0 Å². The van der Waals surface area contributed by atoms with E-state index in [-0.39, 0.29) is 36.1 Å². The number of nitrogens with zero attached hydrogens (tertiary/aromatic N) is 1. The number of primary amides is 1. The van der Waals surface area contributed by atoms with Gasteiger partial charge in [-0.1, -0.05) is 0 Å². The monoisotopic (exact) mass is 393 g/mol. The Morgan fingerprint density at radius 2 is 1.89 bits per heavy atom. The standard InChI is InChI=1S/C19H35N7O2/c1-21-18(28)12-6-7-26(10-12)19-23-9-14(16(20)27)17(25-19)24-13-4-5-15(22-8-13)11-2-3-11/h11-15,17,19,22-25H,2-10H2,1H3,(H2,20,27)(H,21,28)/t12-,13?,14?,15?,17?,19?/m1/s1. The molecule has 9 nitrogen and oxygen atoms in total.